The molecule has 3 aromatic rings. The Morgan fingerprint density at radius 1 is 1.04 bits per heavy atom. The molecule has 1 aromatic heterocycles. The van der Waals surface area contributed by atoms with Crippen LogP contribution in [0.3, 0.4) is 0 Å². The number of methoxy groups -OCH3 is 1. The summed E-state index contributed by atoms with van der Waals surface area (Å²) in [4.78, 5) is 9.84. The zero-order valence-corrected chi connectivity index (χ0v) is 15.9. The lowest BCUT2D eigenvalue weighted by Crippen LogP contribution is -2.26. The quantitative estimate of drug-likeness (QED) is 0.471. The van der Waals surface area contributed by atoms with Gasteiger partial charge >= 0.3 is 0 Å². The second kappa shape index (κ2) is 7.93. The average molecular weight is 374 g/mol. The Bertz CT molecular complexity index is 857. The maximum atomic E-state index is 6.07. The number of para-hydroxylation sites is 1. The van der Waals surface area contributed by atoms with Crippen LogP contribution in [-0.2, 0) is 0 Å². The number of nitrogens with zero attached hydrogens (tertiary/aromatic N) is 2. The molecule has 0 amide bonds. The van der Waals surface area contributed by atoms with Gasteiger partial charge in [-0.3, -0.25) is 0 Å². The van der Waals surface area contributed by atoms with Crippen molar-refractivity contribution in [2.24, 2.45) is 0 Å². The highest BCUT2D eigenvalue weighted by molar-refractivity contribution is 8.00. The van der Waals surface area contributed by atoms with E-state index in [9.17, 15) is 0 Å². The molecule has 3 rings (SSSR count). The van der Waals surface area contributed by atoms with Crippen LogP contribution >= 0.6 is 23.4 Å². The van der Waals surface area contributed by atoms with E-state index in [4.69, 9.17) is 16.3 Å². The van der Waals surface area contributed by atoms with E-state index >= 15 is 0 Å². The number of hydrogen-bond acceptors (Lipinski definition) is 5. The van der Waals surface area contributed by atoms with Crippen LogP contribution in [0, 0.1) is 0 Å². The van der Waals surface area contributed by atoms with Gasteiger partial charge in [0.25, 0.3) is 0 Å². The van der Waals surface area contributed by atoms with Gasteiger partial charge in [-0.1, -0.05) is 19.1 Å². The molecule has 0 bridgehead atoms. The monoisotopic (exact) mass is 373 g/mol. The average Bonchev–Trinajstić information content (AvgIpc) is 2.62. The molecule has 0 saturated carbocycles. The van der Waals surface area contributed by atoms with Gasteiger partial charge in [0.1, 0.15) is 11.6 Å². The fourth-order valence-corrected chi connectivity index (χ4v) is 3.63. The minimum Gasteiger partial charge on any atom is -0.497 e. The van der Waals surface area contributed by atoms with Crippen LogP contribution in [0.4, 0.5) is 5.82 Å². The Hall–Kier alpha value is -1.98. The van der Waals surface area contributed by atoms with Crippen LogP contribution in [0.5, 0.6) is 5.75 Å². The molecule has 0 aliphatic heterocycles. The summed E-state index contributed by atoms with van der Waals surface area (Å²) in [5, 5.41) is 5.05. The van der Waals surface area contributed by atoms with Crippen molar-refractivity contribution in [2.75, 3.05) is 12.4 Å². The van der Waals surface area contributed by atoms with E-state index in [2.05, 4.69) is 41.3 Å². The number of hydrogen-bond donors (Lipinski definition) is 1. The van der Waals surface area contributed by atoms with Crippen molar-refractivity contribution >= 4 is 40.1 Å². The van der Waals surface area contributed by atoms with Gasteiger partial charge in [-0.25, -0.2) is 9.97 Å². The molecule has 0 aliphatic rings. The van der Waals surface area contributed by atoms with Gasteiger partial charge in [-0.15, -0.1) is 11.8 Å². The van der Waals surface area contributed by atoms with E-state index in [1.165, 1.54) is 4.90 Å². The lowest BCUT2D eigenvalue weighted by Gasteiger charge is -2.22. The first-order valence-electron chi connectivity index (χ1n) is 8.06. The topological polar surface area (TPSA) is 47.0 Å². The molecule has 0 saturated heterocycles. The molecule has 0 radical (unpaired) electrons. The molecule has 0 spiro atoms. The number of rotatable bonds is 6. The van der Waals surface area contributed by atoms with Crippen molar-refractivity contribution in [2.45, 2.75) is 30.0 Å². The third kappa shape index (κ3) is 4.35. The maximum Gasteiger partial charge on any atom is 0.224 e. The predicted molar refractivity (Wildman–Crippen MR) is 106 cm³/mol. The Kier molecular flexibility index (Phi) is 5.66. The number of benzene rings is 2. The molecule has 4 nitrogen and oxygen atoms in total. The van der Waals surface area contributed by atoms with E-state index in [0.29, 0.717) is 5.25 Å². The molecular formula is C19H20ClN3OS. The summed E-state index contributed by atoms with van der Waals surface area (Å²) in [6.45, 7) is 4.34. The molecule has 2 atom stereocenters. The standard InChI is InChI=1S/C19H20ClN3OS/c1-12(13(2)25-15-10-8-14(24-3)9-11-15)21-18-16-6-4-5-7-17(16)22-19(20)23-18/h4-13H,1-3H3,(H,21,22,23). The highest BCUT2D eigenvalue weighted by atomic mass is 35.5. The molecule has 130 valence electrons. The maximum absolute atomic E-state index is 6.07. The summed E-state index contributed by atoms with van der Waals surface area (Å²) in [5.41, 5.74) is 0.840. The predicted octanol–water partition coefficient (Wildman–Crippen LogP) is 5.27. The summed E-state index contributed by atoms with van der Waals surface area (Å²) in [6, 6.07) is 16.2. The first-order chi connectivity index (χ1) is 12.1. The van der Waals surface area contributed by atoms with Gasteiger partial charge in [0.2, 0.25) is 5.28 Å². The van der Waals surface area contributed by atoms with Crippen LogP contribution in [0.1, 0.15) is 13.8 Å². The fourth-order valence-electron chi connectivity index (χ4n) is 2.46. The smallest absolute Gasteiger partial charge is 0.224 e. The number of halogens is 1. The summed E-state index contributed by atoms with van der Waals surface area (Å²) in [7, 11) is 1.67. The van der Waals surface area contributed by atoms with Crippen LogP contribution < -0.4 is 10.1 Å². The van der Waals surface area contributed by atoms with Crippen molar-refractivity contribution in [1.82, 2.24) is 9.97 Å². The molecule has 0 aliphatic carbocycles. The van der Waals surface area contributed by atoms with E-state index in [1.807, 2.05) is 36.4 Å². The first kappa shape index (κ1) is 17.8. The third-order valence-electron chi connectivity index (χ3n) is 4.03. The minimum absolute atomic E-state index is 0.196. The minimum atomic E-state index is 0.196. The van der Waals surface area contributed by atoms with E-state index in [-0.39, 0.29) is 11.3 Å². The molecule has 1 N–H and O–H groups in total. The first-order valence-corrected chi connectivity index (χ1v) is 9.32. The highest BCUT2D eigenvalue weighted by Crippen LogP contribution is 2.29. The van der Waals surface area contributed by atoms with Gasteiger partial charge in [0, 0.05) is 21.6 Å². The van der Waals surface area contributed by atoms with E-state index in [1.54, 1.807) is 18.9 Å². The Labute approximate surface area is 157 Å². The summed E-state index contributed by atoms with van der Waals surface area (Å²) in [6.07, 6.45) is 0. The van der Waals surface area contributed by atoms with Crippen molar-refractivity contribution < 1.29 is 4.74 Å². The van der Waals surface area contributed by atoms with Crippen LogP contribution in [0.15, 0.2) is 53.4 Å². The largest absolute Gasteiger partial charge is 0.497 e. The molecule has 25 heavy (non-hydrogen) atoms. The Morgan fingerprint density at radius 3 is 2.48 bits per heavy atom. The normalized spacial score (nSPS) is 13.4. The van der Waals surface area contributed by atoms with Gasteiger partial charge in [-0.2, -0.15) is 0 Å². The Balaban J connectivity index is 1.73. The number of anilines is 1. The van der Waals surface area contributed by atoms with Crippen molar-refractivity contribution in [3.8, 4) is 5.75 Å². The molecule has 6 heteroatoms. The molecule has 2 unspecified atom stereocenters. The SMILES string of the molecule is COc1ccc(SC(C)C(C)Nc2nc(Cl)nc3ccccc23)cc1. The zero-order chi connectivity index (χ0) is 17.8. The summed E-state index contributed by atoms with van der Waals surface area (Å²) in [5.74, 6) is 1.63. The number of ether oxygens (including phenoxy) is 1. The molecular weight excluding hydrogens is 354 g/mol. The number of nitrogens with one attached hydrogen (secondary N) is 1. The second-order valence-electron chi connectivity index (χ2n) is 5.79. The van der Waals surface area contributed by atoms with Crippen LogP contribution in [0.2, 0.25) is 5.28 Å². The molecule has 0 fully saturated rings. The van der Waals surface area contributed by atoms with Gasteiger partial charge < -0.3 is 10.1 Å². The van der Waals surface area contributed by atoms with Crippen LogP contribution in [-0.4, -0.2) is 28.4 Å². The highest BCUT2D eigenvalue weighted by Gasteiger charge is 2.16. The Morgan fingerprint density at radius 2 is 1.76 bits per heavy atom. The van der Waals surface area contributed by atoms with Crippen molar-refractivity contribution in [3.63, 3.8) is 0 Å². The zero-order valence-electron chi connectivity index (χ0n) is 14.4. The number of aromatic nitrogens is 2. The number of fused-ring (bicyclic) bond motifs is 1. The van der Waals surface area contributed by atoms with Crippen molar-refractivity contribution in [3.05, 3.63) is 53.8 Å². The summed E-state index contributed by atoms with van der Waals surface area (Å²) >= 11 is 7.87. The summed E-state index contributed by atoms with van der Waals surface area (Å²) < 4.78 is 5.20. The second-order valence-corrected chi connectivity index (χ2v) is 7.58. The molecule has 1 heterocycles. The lowest BCUT2D eigenvalue weighted by molar-refractivity contribution is 0.414. The van der Waals surface area contributed by atoms with E-state index in [0.717, 1.165) is 22.5 Å². The third-order valence-corrected chi connectivity index (χ3v) is 5.52. The van der Waals surface area contributed by atoms with Crippen molar-refractivity contribution in [1.29, 1.82) is 0 Å². The fraction of sp³-hybridized carbons (Fsp3) is 0.263. The lowest BCUT2D eigenvalue weighted by atomic mass is 10.2. The van der Waals surface area contributed by atoms with Crippen LogP contribution in [0.25, 0.3) is 10.9 Å². The van der Waals surface area contributed by atoms with Gasteiger partial charge in [-0.05, 0) is 54.9 Å². The van der Waals surface area contributed by atoms with E-state index < -0.39 is 0 Å². The molecule has 2 aromatic carbocycles. The number of thioether (sulfide) groups is 1. The van der Waals surface area contributed by atoms with Gasteiger partial charge in [0.15, 0.2) is 0 Å². The van der Waals surface area contributed by atoms with Gasteiger partial charge in [0.05, 0.1) is 12.6 Å².